The Morgan fingerprint density at radius 1 is 1.07 bits per heavy atom. The summed E-state index contributed by atoms with van der Waals surface area (Å²) in [5.41, 5.74) is 2.26. The van der Waals surface area contributed by atoms with Gasteiger partial charge in [0.1, 0.15) is 5.75 Å². The number of likely N-dealkylation sites (N-methyl/N-ethyl adjacent to an activating group) is 1. The van der Waals surface area contributed by atoms with Crippen molar-refractivity contribution in [1.82, 2.24) is 4.90 Å². The van der Waals surface area contributed by atoms with E-state index in [2.05, 4.69) is 29.6 Å². The lowest BCUT2D eigenvalue weighted by atomic mass is 9.94. The monoisotopic (exact) mass is 380 g/mol. The Kier molecular flexibility index (Phi) is 7.77. The van der Waals surface area contributed by atoms with Gasteiger partial charge in [-0.2, -0.15) is 0 Å². The van der Waals surface area contributed by atoms with Crippen LogP contribution in [0.25, 0.3) is 0 Å². The van der Waals surface area contributed by atoms with Gasteiger partial charge in [-0.25, -0.2) is 0 Å². The molecule has 0 spiro atoms. The van der Waals surface area contributed by atoms with Crippen LogP contribution in [0, 0.1) is 0 Å². The van der Waals surface area contributed by atoms with Crippen LogP contribution >= 0.6 is 0 Å². The van der Waals surface area contributed by atoms with E-state index >= 15 is 0 Å². The molecule has 0 aliphatic heterocycles. The van der Waals surface area contributed by atoms with Gasteiger partial charge in [0.2, 0.25) is 5.91 Å². The van der Waals surface area contributed by atoms with Gasteiger partial charge < -0.3 is 15.0 Å². The van der Waals surface area contributed by atoms with Crippen LogP contribution in [0.5, 0.6) is 5.75 Å². The van der Waals surface area contributed by atoms with E-state index in [4.69, 9.17) is 4.74 Å². The van der Waals surface area contributed by atoms with E-state index in [1.165, 1.54) is 24.8 Å². The van der Waals surface area contributed by atoms with Gasteiger partial charge in [0.05, 0.1) is 13.2 Å². The SMILES string of the molecule is CN(C(=O)CNc1cccc(OCCCc2ccccc2)c1)C1CCCCC1. The van der Waals surface area contributed by atoms with Gasteiger partial charge in [0.25, 0.3) is 0 Å². The maximum atomic E-state index is 12.5. The van der Waals surface area contributed by atoms with Crippen molar-refractivity contribution >= 4 is 11.6 Å². The molecule has 0 heterocycles. The maximum absolute atomic E-state index is 12.5. The number of anilines is 1. The Hall–Kier alpha value is -2.49. The van der Waals surface area contributed by atoms with E-state index in [1.807, 2.05) is 42.3 Å². The van der Waals surface area contributed by atoms with E-state index < -0.39 is 0 Å². The zero-order valence-corrected chi connectivity index (χ0v) is 16.9. The molecule has 150 valence electrons. The molecule has 4 nitrogen and oxygen atoms in total. The van der Waals surface area contributed by atoms with Crippen LogP contribution in [0.3, 0.4) is 0 Å². The second kappa shape index (κ2) is 10.7. The number of ether oxygens (including phenoxy) is 1. The highest BCUT2D eigenvalue weighted by atomic mass is 16.5. The molecule has 0 bridgehead atoms. The van der Waals surface area contributed by atoms with Gasteiger partial charge in [-0.05, 0) is 43.4 Å². The minimum atomic E-state index is 0.154. The summed E-state index contributed by atoms with van der Waals surface area (Å²) in [7, 11) is 1.94. The lowest BCUT2D eigenvalue weighted by Gasteiger charge is -2.31. The quantitative estimate of drug-likeness (QED) is 0.629. The Morgan fingerprint density at radius 2 is 1.86 bits per heavy atom. The van der Waals surface area contributed by atoms with E-state index in [-0.39, 0.29) is 5.91 Å². The summed E-state index contributed by atoms with van der Waals surface area (Å²) in [6.45, 7) is 1.01. The van der Waals surface area contributed by atoms with E-state index in [1.54, 1.807) is 0 Å². The average molecular weight is 381 g/mol. The van der Waals surface area contributed by atoms with Crippen LogP contribution in [0.15, 0.2) is 54.6 Å². The smallest absolute Gasteiger partial charge is 0.241 e. The zero-order valence-electron chi connectivity index (χ0n) is 16.9. The van der Waals surface area contributed by atoms with Crippen molar-refractivity contribution in [3.63, 3.8) is 0 Å². The van der Waals surface area contributed by atoms with Crippen molar-refractivity contribution in [3.8, 4) is 5.75 Å². The van der Waals surface area contributed by atoms with Gasteiger partial charge in [-0.15, -0.1) is 0 Å². The first-order valence-electron chi connectivity index (χ1n) is 10.5. The number of benzene rings is 2. The largest absolute Gasteiger partial charge is 0.494 e. The third-order valence-corrected chi connectivity index (χ3v) is 5.51. The molecule has 0 atom stereocenters. The van der Waals surface area contributed by atoms with Crippen molar-refractivity contribution in [2.45, 2.75) is 51.0 Å². The first kappa shape index (κ1) is 20.2. The molecule has 1 saturated carbocycles. The summed E-state index contributed by atoms with van der Waals surface area (Å²) in [6.07, 6.45) is 8.03. The highest BCUT2D eigenvalue weighted by molar-refractivity contribution is 5.81. The number of hydrogen-bond acceptors (Lipinski definition) is 3. The number of nitrogens with one attached hydrogen (secondary N) is 1. The van der Waals surface area contributed by atoms with Crippen molar-refractivity contribution in [2.75, 3.05) is 25.5 Å². The molecule has 0 radical (unpaired) electrons. The molecule has 1 aliphatic rings. The van der Waals surface area contributed by atoms with Crippen LogP contribution in [0.1, 0.15) is 44.1 Å². The number of aryl methyl sites for hydroxylation is 1. The van der Waals surface area contributed by atoms with E-state index in [9.17, 15) is 4.79 Å². The molecular formula is C24H32N2O2. The molecule has 2 aromatic rings. The van der Waals surface area contributed by atoms with Crippen molar-refractivity contribution in [1.29, 1.82) is 0 Å². The Morgan fingerprint density at radius 3 is 2.64 bits per heavy atom. The summed E-state index contributed by atoms with van der Waals surface area (Å²) < 4.78 is 5.88. The molecule has 3 rings (SSSR count). The second-order valence-corrected chi connectivity index (χ2v) is 7.62. The predicted octanol–water partition coefficient (Wildman–Crippen LogP) is 4.90. The highest BCUT2D eigenvalue weighted by Crippen LogP contribution is 2.22. The molecule has 0 saturated heterocycles. The minimum absolute atomic E-state index is 0.154. The fraction of sp³-hybridized carbons (Fsp3) is 0.458. The number of hydrogen-bond donors (Lipinski definition) is 1. The minimum Gasteiger partial charge on any atom is -0.494 e. The predicted molar refractivity (Wildman–Crippen MR) is 115 cm³/mol. The number of carbonyl (C=O) groups excluding carboxylic acids is 1. The number of rotatable bonds is 9. The molecule has 1 fully saturated rings. The van der Waals surface area contributed by atoms with Crippen LogP contribution in [0.2, 0.25) is 0 Å². The maximum Gasteiger partial charge on any atom is 0.241 e. The molecule has 1 N–H and O–H groups in total. The molecule has 0 aromatic heterocycles. The van der Waals surface area contributed by atoms with Crippen LogP contribution in [-0.4, -0.2) is 37.0 Å². The van der Waals surface area contributed by atoms with Crippen molar-refractivity contribution in [3.05, 3.63) is 60.2 Å². The van der Waals surface area contributed by atoms with Crippen LogP contribution in [-0.2, 0) is 11.2 Å². The van der Waals surface area contributed by atoms with Crippen LogP contribution in [0.4, 0.5) is 5.69 Å². The third-order valence-electron chi connectivity index (χ3n) is 5.51. The highest BCUT2D eigenvalue weighted by Gasteiger charge is 2.21. The van der Waals surface area contributed by atoms with Gasteiger partial charge in [0.15, 0.2) is 0 Å². The topological polar surface area (TPSA) is 41.6 Å². The molecule has 2 aromatic carbocycles. The Balaban J connectivity index is 1.40. The lowest BCUT2D eigenvalue weighted by Crippen LogP contribution is -2.41. The second-order valence-electron chi connectivity index (χ2n) is 7.62. The van der Waals surface area contributed by atoms with Crippen LogP contribution < -0.4 is 10.1 Å². The molecule has 0 unspecified atom stereocenters. The average Bonchev–Trinajstić information content (AvgIpc) is 2.76. The summed E-state index contributed by atoms with van der Waals surface area (Å²) in [5.74, 6) is 0.993. The fourth-order valence-electron chi connectivity index (χ4n) is 3.78. The first-order chi connectivity index (χ1) is 13.7. The summed E-state index contributed by atoms with van der Waals surface area (Å²) in [4.78, 5) is 14.4. The number of nitrogens with zero attached hydrogens (tertiary/aromatic N) is 1. The zero-order chi connectivity index (χ0) is 19.6. The molecule has 4 heteroatoms. The van der Waals surface area contributed by atoms with Gasteiger partial charge in [0, 0.05) is 24.8 Å². The molecule has 28 heavy (non-hydrogen) atoms. The summed E-state index contributed by atoms with van der Waals surface area (Å²) >= 11 is 0. The van der Waals surface area contributed by atoms with E-state index in [0.29, 0.717) is 19.2 Å². The van der Waals surface area contributed by atoms with Gasteiger partial charge in [-0.3, -0.25) is 4.79 Å². The fourth-order valence-corrected chi connectivity index (χ4v) is 3.78. The Labute approximate surface area is 168 Å². The molecule has 1 aliphatic carbocycles. The van der Waals surface area contributed by atoms with Crippen molar-refractivity contribution < 1.29 is 9.53 Å². The van der Waals surface area contributed by atoms with Gasteiger partial charge in [-0.1, -0.05) is 55.7 Å². The van der Waals surface area contributed by atoms with E-state index in [0.717, 1.165) is 37.1 Å². The lowest BCUT2D eigenvalue weighted by molar-refractivity contribution is -0.130. The van der Waals surface area contributed by atoms with Crippen molar-refractivity contribution in [2.24, 2.45) is 0 Å². The number of amides is 1. The normalized spacial score (nSPS) is 14.5. The standard InChI is InChI=1S/C24H32N2O2/c1-26(22-14-6-3-7-15-22)24(27)19-25-21-13-8-16-23(18-21)28-17-9-12-20-10-4-2-5-11-20/h2,4-5,8,10-11,13,16,18,22,25H,3,6-7,9,12,14-15,17,19H2,1H3. The summed E-state index contributed by atoms with van der Waals surface area (Å²) in [5, 5.41) is 3.25. The molecule has 1 amide bonds. The summed E-state index contributed by atoms with van der Waals surface area (Å²) in [6, 6.07) is 18.7. The Bertz CT molecular complexity index is 726. The molecular weight excluding hydrogens is 348 g/mol. The number of carbonyl (C=O) groups is 1. The third kappa shape index (κ3) is 6.29. The first-order valence-corrected chi connectivity index (χ1v) is 10.5. The van der Waals surface area contributed by atoms with Gasteiger partial charge >= 0.3 is 0 Å².